The Balaban J connectivity index is 2.14. The second-order valence-corrected chi connectivity index (χ2v) is 4.89. The van der Waals surface area contributed by atoms with Crippen molar-refractivity contribution in [3.8, 4) is 17.2 Å². The molecule has 0 aromatic heterocycles. The van der Waals surface area contributed by atoms with Crippen molar-refractivity contribution in [1.29, 1.82) is 0 Å². The number of hydrogen-bond acceptors (Lipinski definition) is 5. The molecule has 0 spiro atoms. The Labute approximate surface area is 114 Å². The van der Waals surface area contributed by atoms with Gasteiger partial charge in [-0.3, -0.25) is 4.90 Å². The summed E-state index contributed by atoms with van der Waals surface area (Å²) >= 11 is 0. The first kappa shape index (κ1) is 14.0. The van der Waals surface area contributed by atoms with Crippen molar-refractivity contribution < 1.29 is 14.6 Å². The molecule has 0 saturated carbocycles. The molecule has 19 heavy (non-hydrogen) atoms. The second-order valence-electron chi connectivity index (χ2n) is 4.89. The number of ether oxygens (including phenoxy) is 2. The highest BCUT2D eigenvalue weighted by atomic mass is 16.5. The first-order valence-corrected chi connectivity index (χ1v) is 6.49. The molecule has 1 aromatic rings. The Bertz CT molecular complexity index is 429. The Kier molecular flexibility index (Phi) is 4.50. The summed E-state index contributed by atoms with van der Waals surface area (Å²) in [4.78, 5) is 4.68. The number of aromatic hydroxyl groups is 1. The lowest BCUT2D eigenvalue weighted by atomic mass is 10.1. The fraction of sp³-hybridized carbons (Fsp3) is 0.571. The molecule has 1 heterocycles. The number of hydrogen-bond donors (Lipinski definition) is 1. The Morgan fingerprint density at radius 1 is 1.11 bits per heavy atom. The van der Waals surface area contributed by atoms with Crippen molar-refractivity contribution >= 4 is 0 Å². The molecule has 0 bridgehead atoms. The molecule has 2 rings (SSSR count). The van der Waals surface area contributed by atoms with Gasteiger partial charge in [0.25, 0.3) is 0 Å². The number of rotatable bonds is 4. The summed E-state index contributed by atoms with van der Waals surface area (Å²) in [6.07, 6.45) is 0. The van der Waals surface area contributed by atoms with Gasteiger partial charge in [0.15, 0.2) is 11.5 Å². The van der Waals surface area contributed by atoms with Crippen LogP contribution in [0.1, 0.15) is 5.56 Å². The van der Waals surface area contributed by atoms with Crippen LogP contribution in [0.3, 0.4) is 0 Å². The van der Waals surface area contributed by atoms with Crippen LogP contribution in [0.4, 0.5) is 0 Å². The van der Waals surface area contributed by atoms with E-state index in [-0.39, 0.29) is 5.75 Å². The highest BCUT2D eigenvalue weighted by molar-refractivity contribution is 5.54. The van der Waals surface area contributed by atoms with Gasteiger partial charge in [-0.25, -0.2) is 0 Å². The van der Waals surface area contributed by atoms with Crippen LogP contribution in [0.15, 0.2) is 12.1 Å². The molecule has 5 nitrogen and oxygen atoms in total. The number of phenols is 1. The molecule has 1 fully saturated rings. The fourth-order valence-electron chi connectivity index (χ4n) is 2.36. The average molecular weight is 266 g/mol. The minimum atomic E-state index is 0.0802. The minimum absolute atomic E-state index is 0.0802. The maximum absolute atomic E-state index is 10.1. The lowest BCUT2D eigenvalue weighted by Crippen LogP contribution is -2.43. The molecule has 1 saturated heterocycles. The van der Waals surface area contributed by atoms with Gasteiger partial charge in [0, 0.05) is 38.3 Å². The summed E-state index contributed by atoms with van der Waals surface area (Å²) in [5.41, 5.74) is 0.991. The molecule has 0 radical (unpaired) electrons. The van der Waals surface area contributed by atoms with Crippen molar-refractivity contribution in [1.82, 2.24) is 9.80 Å². The van der Waals surface area contributed by atoms with Gasteiger partial charge in [-0.15, -0.1) is 0 Å². The number of likely N-dealkylation sites (N-methyl/N-ethyl adjacent to an activating group) is 1. The lowest BCUT2D eigenvalue weighted by Gasteiger charge is -2.32. The van der Waals surface area contributed by atoms with Crippen LogP contribution in [0, 0.1) is 0 Å². The third-order valence-electron chi connectivity index (χ3n) is 3.59. The zero-order valence-electron chi connectivity index (χ0n) is 11.8. The van der Waals surface area contributed by atoms with Crippen molar-refractivity contribution in [3.63, 3.8) is 0 Å². The number of benzene rings is 1. The Hall–Kier alpha value is -1.46. The van der Waals surface area contributed by atoms with E-state index in [4.69, 9.17) is 9.47 Å². The standard InChI is InChI=1S/C14H22N2O3/c1-15-6-8-16(9-7-15)10-11-4-5-12(18-2)13(17)14(11)19-3/h4-5,17H,6-10H2,1-3H3. The predicted molar refractivity (Wildman–Crippen MR) is 74.0 cm³/mol. The molecular formula is C14H22N2O3. The van der Waals surface area contributed by atoms with E-state index in [0.717, 1.165) is 38.3 Å². The van der Waals surface area contributed by atoms with Crippen molar-refractivity contribution in [3.05, 3.63) is 17.7 Å². The van der Waals surface area contributed by atoms with Crippen LogP contribution in [-0.2, 0) is 6.54 Å². The van der Waals surface area contributed by atoms with Crippen molar-refractivity contribution in [2.24, 2.45) is 0 Å². The first-order valence-electron chi connectivity index (χ1n) is 6.49. The normalized spacial score (nSPS) is 17.4. The molecule has 0 amide bonds. The van der Waals surface area contributed by atoms with Crippen LogP contribution in [0.5, 0.6) is 17.2 Å². The number of methoxy groups -OCH3 is 2. The number of nitrogens with zero attached hydrogens (tertiary/aromatic N) is 2. The van der Waals surface area contributed by atoms with Gasteiger partial charge in [-0.1, -0.05) is 6.07 Å². The van der Waals surface area contributed by atoms with Crippen molar-refractivity contribution in [2.45, 2.75) is 6.54 Å². The predicted octanol–water partition coefficient (Wildman–Crippen LogP) is 1.16. The van der Waals surface area contributed by atoms with E-state index in [1.165, 1.54) is 7.11 Å². The zero-order chi connectivity index (χ0) is 13.8. The molecular weight excluding hydrogens is 244 g/mol. The minimum Gasteiger partial charge on any atom is -0.502 e. The van der Waals surface area contributed by atoms with Crippen LogP contribution in [-0.4, -0.2) is 62.4 Å². The Morgan fingerprint density at radius 2 is 1.79 bits per heavy atom. The topological polar surface area (TPSA) is 45.2 Å². The molecule has 1 aliphatic rings. The number of piperazine rings is 1. The zero-order valence-corrected chi connectivity index (χ0v) is 11.8. The van der Waals surface area contributed by atoms with Gasteiger partial charge < -0.3 is 19.5 Å². The summed E-state index contributed by atoms with van der Waals surface area (Å²) in [5.74, 6) is 1.04. The maximum Gasteiger partial charge on any atom is 0.201 e. The third kappa shape index (κ3) is 3.11. The smallest absolute Gasteiger partial charge is 0.201 e. The summed E-state index contributed by atoms with van der Waals surface area (Å²) in [6, 6.07) is 3.74. The van der Waals surface area contributed by atoms with E-state index in [1.54, 1.807) is 13.2 Å². The van der Waals surface area contributed by atoms with Gasteiger partial charge in [0.1, 0.15) is 0 Å². The summed E-state index contributed by atoms with van der Waals surface area (Å²) in [7, 11) is 5.24. The van der Waals surface area contributed by atoms with Gasteiger partial charge in [0.2, 0.25) is 5.75 Å². The second kappa shape index (κ2) is 6.12. The van der Waals surface area contributed by atoms with Crippen LogP contribution in [0.2, 0.25) is 0 Å². The van der Waals surface area contributed by atoms with E-state index in [0.29, 0.717) is 11.5 Å². The van der Waals surface area contributed by atoms with Gasteiger partial charge in [-0.2, -0.15) is 0 Å². The highest BCUT2D eigenvalue weighted by Gasteiger charge is 2.19. The third-order valence-corrected chi connectivity index (χ3v) is 3.59. The Morgan fingerprint density at radius 3 is 2.37 bits per heavy atom. The molecule has 1 aliphatic heterocycles. The van der Waals surface area contributed by atoms with E-state index >= 15 is 0 Å². The largest absolute Gasteiger partial charge is 0.502 e. The molecule has 5 heteroatoms. The van der Waals surface area contributed by atoms with Gasteiger partial charge in [0.05, 0.1) is 14.2 Å². The highest BCUT2D eigenvalue weighted by Crippen LogP contribution is 2.39. The van der Waals surface area contributed by atoms with Crippen LogP contribution < -0.4 is 9.47 Å². The van der Waals surface area contributed by atoms with E-state index in [9.17, 15) is 5.11 Å². The SMILES string of the molecule is COc1ccc(CN2CCN(C)CC2)c(OC)c1O. The maximum atomic E-state index is 10.1. The quantitative estimate of drug-likeness (QED) is 0.886. The monoisotopic (exact) mass is 266 g/mol. The molecule has 1 aromatic carbocycles. The molecule has 1 N–H and O–H groups in total. The van der Waals surface area contributed by atoms with E-state index in [1.807, 2.05) is 6.07 Å². The fourth-order valence-corrected chi connectivity index (χ4v) is 2.36. The molecule has 0 unspecified atom stereocenters. The van der Waals surface area contributed by atoms with Crippen LogP contribution in [0.25, 0.3) is 0 Å². The summed E-state index contributed by atoms with van der Waals surface area (Å²) in [5, 5.41) is 10.1. The summed E-state index contributed by atoms with van der Waals surface area (Å²) in [6.45, 7) is 5.00. The molecule has 106 valence electrons. The van der Waals surface area contributed by atoms with E-state index < -0.39 is 0 Å². The molecule has 0 atom stereocenters. The molecule has 0 aliphatic carbocycles. The number of phenolic OH excluding ortho intramolecular Hbond substituents is 1. The average Bonchev–Trinajstić information content (AvgIpc) is 2.42. The lowest BCUT2D eigenvalue weighted by molar-refractivity contribution is 0.147. The van der Waals surface area contributed by atoms with Gasteiger partial charge >= 0.3 is 0 Å². The van der Waals surface area contributed by atoms with E-state index in [2.05, 4.69) is 16.8 Å². The summed E-state index contributed by atoms with van der Waals surface area (Å²) < 4.78 is 10.4. The van der Waals surface area contributed by atoms with Crippen molar-refractivity contribution in [2.75, 3.05) is 47.4 Å². The van der Waals surface area contributed by atoms with Crippen LogP contribution >= 0.6 is 0 Å². The first-order chi connectivity index (χ1) is 9.15. The van der Waals surface area contributed by atoms with Gasteiger partial charge in [-0.05, 0) is 13.1 Å².